The molecule has 0 aliphatic carbocycles. The van der Waals surface area contributed by atoms with Gasteiger partial charge in [0.15, 0.2) is 9.84 Å². The Morgan fingerprint density at radius 2 is 1.91 bits per heavy atom. The van der Waals surface area contributed by atoms with E-state index < -0.39 is 0 Å². The van der Waals surface area contributed by atoms with Gasteiger partial charge in [0.25, 0.3) is 0 Å². The molecule has 0 bridgehead atoms. The predicted molar refractivity (Wildman–Crippen MR) is 52.0 cm³/mol. The molecule has 66 valence electrons. The van der Waals surface area contributed by atoms with Crippen molar-refractivity contribution in [3.05, 3.63) is 0 Å². The summed E-state index contributed by atoms with van der Waals surface area (Å²) in [6.07, 6.45) is 3.44. The van der Waals surface area contributed by atoms with Gasteiger partial charge in [-0.2, -0.15) is 0 Å². The van der Waals surface area contributed by atoms with Crippen LogP contribution in [0.15, 0.2) is 0 Å². The fourth-order valence-corrected chi connectivity index (χ4v) is 4.06. The minimum Gasteiger partial charge on any atom is -0.302 e. The predicted octanol–water partition coefficient (Wildman–Crippen LogP) is 0.769. The lowest BCUT2D eigenvalue weighted by atomic mass is 10.3. The maximum Gasteiger partial charge on any atom is 0.175 e. The third kappa shape index (κ3) is 1.83. The number of nitrogens with zero attached hydrogens (tertiary/aromatic N) is 2. The second-order valence-electron chi connectivity index (χ2n) is 3.25. The lowest BCUT2D eigenvalue weighted by molar-refractivity contribution is 0.0955. The Bertz CT molecular complexity index is 119. The van der Waals surface area contributed by atoms with Gasteiger partial charge in [-0.05, 0) is 25.9 Å². The summed E-state index contributed by atoms with van der Waals surface area (Å²) < 4.78 is 5.36. The fourth-order valence-electron chi connectivity index (χ4n) is 1.89. The van der Waals surface area contributed by atoms with Crippen molar-refractivity contribution in [3.63, 3.8) is 0 Å². The van der Waals surface area contributed by atoms with Crippen LogP contribution in [-0.4, -0.2) is 38.2 Å². The van der Waals surface area contributed by atoms with E-state index in [9.17, 15) is 0 Å². The maximum atomic E-state index is 2.70. The van der Waals surface area contributed by atoms with E-state index in [1.807, 2.05) is 0 Å². The highest BCUT2D eigenvalue weighted by Gasteiger charge is 2.32. The van der Waals surface area contributed by atoms with Crippen molar-refractivity contribution in [2.75, 3.05) is 13.1 Å². The third-order valence-corrected chi connectivity index (χ3v) is 4.82. The van der Waals surface area contributed by atoms with E-state index >= 15 is 0 Å². The highest BCUT2D eigenvalue weighted by atomic mass is 28.2. The van der Waals surface area contributed by atoms with Crippen LogP contribution in [0.3, 0.4) is 0 Å². The quantitative estimate of drug-likeness (QED) is 0.578. The van der Waals surface area contributed by atoms with E-state index in [-0.39, 0.29) is 9.84 Å². The molecule has 1 fully saturated rings. The molecule has 1 aliphatic rings. The number of hydrogen-bond donors (Lipinski definition) is 0. The average Bonchev–Trinajstić information content (AvgIpc) is 1.98. The van der Waals surface area contributed by atoms with E-state index in [1.54, 1.807) is 0 Å². The van der Waals surface area contributed by atoms with Crippen LogP contribution in [-0.2, 0) is 0 Å². The molecule has 0 amide bonds. The summed E-state index contributed by atoms with van der Waals surface area (Å²) >= 11 is 0. The van der Waals surface area contributed by atoms with Crippen molar-refractivity contribution < 1.29 is 0 Å². The van der Waals surface area contributed by atoms with Crippen molar-refractivity contribution in [3.8, 4) is 0 Å². The SMILES string of the molecule is CCCN1[SiH2]N(CC)C1CC. The fraction of sp³-hybridized carbons (Fsp3) is 1.00. The molecule has 0 N–H and O–H groups in total. The van der Waals surface area contributed by atoms with Crippen LogP contribution in [0.5, 0.6) is 0 Å². The van der Waals surface area contributed by atoms with Crippen molar-refractivity contribution in [2.24, 2.45) is 0 Å². The van der Waals surface area contributed by atoms with Gasteiger partial charge in [0.2, 0.25) is 0 Å². The first-order valence-electron chi connectivity index (χ1n) is 4.81. The maximum absolute atomic E-state index is 2.70. The molecular weight excluding hydrogens is 152 g/mol. The second kappa shape index (κ2) is 4.23. The van der Waals surface area contributed by atoms with Crippen LogP contribution in [0.25, 0.3) is 0 Å². The molecule has 1 atom stereocenters. The van der Waals surface area contributed by atoms with Gasteiger partial charge in [-0.15, -0.1) is 0 Å². The van der Waals surface area contributed by atoms with Gasteiger partial charge in [0.1, 0.15) is 0 Å². The molecule has 0 spiro atoms. The van der Waals surface area contributed by atoms with Crippen LogP contribution >= 0.6 is 0 Å². The zero-order valence-corrected chi connectivity index (χ0v) is 9.42. The molecule has 0 aromatic rings. The summed E-state index contributed by atoms with van der Waals surface area (Å²) in [4.78, 5) is 0. The van der Waals surface area contributed by atoms with Crippen molar-refractivity contribution >= 4 is 9.84 Å². The summed E-state index contributed by atoms with van der Waals surface area (Å²) in [6, 6.07) is 0. The molecule has 0 radical (unpaired) electrons. The molecule has 1 aliphatic heterocycles. The minimum absolute atomic E-state index is 0.0301. The zero-order chi connectivity index (χ0) is 8.27. The Kier molecular flexibility index (Phi) is 3.55. The van der Waals surface area contributed by atoms with Crippen LogP contribution < -0.4 is 0 Å². The van der Waals surface area contributed by atoms with E-state index in [2.05, 4.69) is 29.9 Å². The van der Waals surface area contributed by atoms with Crippen LogP contribution in [0, 0.1) is 0 Å². The number of rotatable bonds is 4. The van der Waals surface area contributed by atoms with Crippen LogP contribution in [0.2, 0.25) is 0 Å². The Balaban J connectivity index is 2.27. The Hall–Kier alpha value is 0.137. The molecule has 11 heavy (non-hydrogen) atoms. The monoisotopic (exact) mass is 172 g/mol. The smallest absolute Gasteiger partial charge is 0.175 e. The van der Waals surface area contributed by atoms with Crippen molar-refractivity contribution in [2.45, 2.75) is 39.8 Å². The molecular formula is C8H20N2Si. The van der Waals surface area contributed by atoms with Crippen molar-refractivity contribution in [1.29, 1.82) is 0 Å². The normalized spacial score (nSPS) is 29.2. The zero-order valence-electron chi connectivity index (χ0n) is 8.01. The largest absolute Gasteiger partial charge is 0.302 e. The van der Waals surface area contributed by atoms with Crippen molar-refractivity contribution in [1.82, 2.24) is 9.13 Å². The average molecular weight is 172 g/mol. The summed E-state index contributed by atoms with van der Waals surface area (Å²) in [6.45, 7) is 9.45. The first kappa shape index (κ1) is 9.23. The highest BCUT2D eigenvalue weighted by Crippen LogP contribution is 2.18. The molecule has 0 aromatic heterocycles. The third-order valence-electron chi connectivity index (χ3n) is 2.49. The summed E-state index contributed by atoms with van der Waals surface area (Å²) in [5.41, 5.74) is 0. The van der Waals surface area contributed by atoms with Gasteiger partial charge in [-0.3, -0.25) is 0 Å². The lowest BCUT2D eigenvalue weighted by Gasteiger charge is -2.50. The Morgan fingerprint density at radius 1 is 1.18 bits per heavy atom. The van der Waals surface area contributed by atoms with Gasteiger partial charge in [-0.25, -0.2) is 0 Å². The minimum atomic E-state index is 0.0301. The molecule has 1 saturated heterocycles. The molecule has 0 saturated carbocycles. The standard InChI is InChI=1S/C8H20N2Si/c1-4-7-10-8(5-2)9(6-3)11-10/h8H,4-7,11H2,1-3H3. The van der Waals surface area contributed by atoms with Gasteiger partial charge in [0, 0.05) is 0 Å². The lowest BCUT2D eigenvalue weighted by Crippen LogP contribution is -2.66. The van der Waals surface area contributed by atoms with E-state index in [0.717, 1.165) is 6.17 Å². The van der Waals surface area contributed by atoms with E-state index in [4.69, 9.17) is 0 Å². The molecule has 3 heteroatoms. The Labute approximate surface area is 72.5 Å². The van der Waals surface area contributed by atoms with E-state index in [0.29, 0.717) is 0 Å². The Morgan fingerprint density at radius 3 is 2.36 bits per heavy atom. The molecule has 2 nitrogen and oxygen atoms in total. The first-order valence-corrected chi connectivity index (χ1v) is 6.08. The van der Waals surface area contributed by atoms with Gasteiger partial charge in [-0.1, -0.05) is 20.8 Å². The second-order valence-corrected chi connectivity index (χ2v) is 5.16. The molecule has 1 rings (SSSR count). The summed E-state index contributed by atoms with van der Waals surface area (Å²) in [5.74, 6) is 0. The van der Waals surface area contributed by atoms with Crippen LogP contribution in [0.4, 0.5) is 0 Å². The summed E-state index contributed by atoms with van der Waals surface area (Å²) in [7, 11) is 0.0301. The molecule has 0 aromatic carbocycles. The van der Waals surface area contributed by atoms with Gasteiger partial charge < -0.3 is 9.13 Å². The first-order chi connectivity index (χ1) is 5.33. The van der Waals surface area contributed by atoms with Gasteiger partial charge in [0.05, 0.1) is 6.17 Å². The van der Waals surface area contributed by atoms with Crippen LogP contribution in [0.1, 0.15) is 33.6 Å². The van der Waals surface area contributed by atoms with E-state index in [1.165, 1.54) is 25.9 Å². The topological polar surface area (TPSA) is 6.48 Å². The summed E-state index contributed by atoms with van der Waals surface area (Å²) in [5, 5.41) is 0. The highest BCUT2D eigenvalue weighted by molar-refractivity contribution is 6.32. The number of hydrogen-bond acceptors (Lipinski definition) is 2. The van der Waals surface area contributed by atoms with Gasteiger partial charge >= 0.3 is 0 Å². The molecule has 1 heterocycles. The molecule has 1 unspecified atom stereocenters.